The first-order chi connectivity index (χ1) is 8.54. The summed E-state index contributed by atoms with van der Waals surface area (Å²) in [6.07, 6.45) is 3.01. The van der Waals surface area contributed by atoms with Gasteiger partial charge in [-0.15, -0.1) is 0 Å². The zero-order valence-electron chi connectivity index (χ0n) is 10.3. The molecule has 0 amide bonds. The fraction of sp³-hybridized carbons (Fsp3) is 0.357. The number of aromatic nitrogens is 1. The number of rotatable bonds is 2. The fourth-order valence-electron chi connectivity index (χ4n) is 3.06. The van der Waals surface area contributed by atoms with E-state index < -0.39 is 11.4 Å². The maximum Gasteiger partial charge on any atom is 0.314 e. The van der Waals surface area contributed by atoms with E-state index in [2.05, 4.69) is 0 Å². The van der Waals surface area contributed by atoms with Crippen molar-refractivity contribution >= 4 is 16.9 Å². The number of benzene rings is 1. The van der Waals surface area contributed by atoms with E-state index in [0.29, 0.717) is 12.8 Å². The van der Waals surface area contributed by atoms with Crippen LogP contribution in [0.3, 0.4) is 0 Å². The lowest BCUT2D eigenvalue weighted by atomic mass is 9.61. The van der Waals surface area contributed by atoms with Crippen molar-refractivity contribution in [2.75, 3.05) is 0 Å². The molecule has 2 aromatic rings. The number of hydrogen-bond acceptors (Lipinski definition) is 2. The highest BCUT2D eigenvalue weighted by molar-refractivity contribution is 5.93. The summed E-state index contributed by atoms with van der Waals surface area (Å²) < 4.78 is 2.01. The molecule has 0 saturated heterocycles. The van der Waals surface area contributed by atoms with E-state index in [0.717, 1.165) is 16.5 Å². The van der Waals surface area contributed by atoms with Gasteiger partial charge in [0, 0.05) is 30.2 Å². The number of fused-ring (bicyclic) bond motifs is 1. The molecule has 0 radical (unpaired) electrons. The van der Waals surface area contributed by atoms with Crippen LogP contribution in [-0.2, 0) is 17.3 Å². The van der Waals surface area contributed by atoms with Crippen molar-refractivity contribution in [1.82, 2.24) is 4.57 Å². The van der Waals surface area contributed by atoms with E-state index in [1.807, 2.05) is 42.1 Å². The Hall–Kier alpha value is -1.81. The van der Waals surface area contributed by atoms with Crippen LogP contribution in [0.1, 0.15) is 18.4 Å². The lowest BCUT2D eigenvalue weighted by Crippen LogP contribution is -2.54. The zero-order chi connectivity index (χ0) is 12.9. The van der Waals surface area contributed by atoms with E-state index in [-0.39, 0.29) is 6.04 Å². The van der Waals surface area contributed by atoms with Gasteiger partial charge in [-0.1, -0.05) is 12.1 Å². The molecule has 4 heteroatoms. The standard InChI is InChI=1S/C14H16N2O2/c1-16-6-5-10-11(3-2-4-12(10)16)14(13(17)18)7-9(15)8-14/h2-6,9H,7-8,15H2,1H3,(H,17,18). The molecule has 1 aliphatic rings. The Morgan fingerprint density at radius 1 is 1.44 bits per heavy atom. The first kappa shape index (κ1) is 11.3. The Kier molecular flexibility index (Phi) is 2.25. The third kappa shape index (κ3) is 1.32. The molecule has 18 heavy (non-hydrogen) atoms. The van der Waals surface area contributed by atoms with E-state index in [9.17, 15) is 9.90 Å². The second-order valence-electron chi connectivity index (χ2n) is 5.22. The van der Waals surface area contributed by atoms with Crippen LogP contribution < -0.4 is 5.73 Å². The monoisotopic (exact) mass is 244 g/mol. The van der Waals surface area contributed by atoms with Crippen molar-refractivity contribution in [3.8, 4) is 0 Å². The second-order valence-corrected chi connectivity index (χ2v) is 5.22. The van der Waals surface area contributed by atoms with Gasteiger partial charge in [-0.3, -0.25) is 4.79 Å². The van der Waals surface area contributed by atoms with Crippen LogP contribution in [0.2, 0.25) is 0 Å². The van der Waals surface area contributed by atoms with Crippen molar-refractivity contribution in [3.63, 3.8) is 0 Å². The maximum absolute atomic E-state index is 11.6. The van der Waals surface area contributed by atoms with Gasteiger partial charge in [-0.25, -0.2) is 0 Å². The fourth-order valence-corrected chi connectivity index (χ4v) is 3.06. The Morgan fingerprint density at radius 2 is 2.17 bits per heavy atom. The molecule has 0 unspecified atom stereocenters. The van der Waals surface area contributed by atoms with E-state index in [4.69, 9.17) is 5.73 Å². The van der Waals surface area contributed by atoms with Crippen molar-refractivity contribution in [2.24, 2.45) is 12.8 Å². The molecule has 94 valence electrons. The number of nitrogens with zero attached hydrogens (tertiary/aromatic N) is 1. The first-order valence-electron chi connectivity index (χ1n) is 6.08. The summed E-state index contributed by atoms with van der Waals surface area (Å²) in [7, 11) is 1.96. The van der Waals surface area contributed by atoms with Crippen LogP contribution in [0.15, 0.2) is 30.5 Å². The van der Waals surface area contributed by atoms with Gasteiger partial charge in [0.05, 0.1) is 5.41 Å². The molecular weight excluding hydrogens is 228 g/mol. The minimum Gasteiger partial charge on any atom is -0.481 e. The number of aryl methyl sites for hydroxylation is 1. The van der Waals surface area contributed by atoms with Crippen LogP contribution in [-0.4, -0.2) is 21.7 Å². The largest absolute Gasteiger partial charge is 0.481 e. The van der Waals surface area contributed by atoms with Gasteiger partial charge in [0.15, 0.2) is 0 Å². The quantitative estimate of drug-likeness (QED) is 0.843. The van der Waals surface area contributed by atoms with Crippen LogP contribution in [0.25, 0.3) is 10.9 Å². The Morgan fingerprint density at radius 3 is 2.78 bits per heavy atom. The first-order valence-corrected chi connectivity index (χ1v) is 6.08. The molecule has 1 saturated carbocycles. The van der Waals surface area contributed by atoms with E-state index >= 15 is 0 Å². The topological polar surface area (TPSA) is 68.2 Å². The predicted octanol–water partition coefficient (Wildman–Crippen LogP) is 1.62. The molecular formula is C14H16N2O2. The van der Waals surface area contributed by atoms with Gasteiger partial charge in [-0.2, -0.15) is 0 Å². The summed E-state index contributed by atoms with van der Waals surface area (Å²) in [4.78, 5) is 11.6. The minimum absolute atomic E-state index is 0.0000633. The summed E-state index contributed by atoms with van der Waals surface area (Å²) in [5.41, 5.74) is 6.98. The maximum atomic E-state index is 11.6. The Bertz CT molecular complexity index is 624. The minimum atomic E-state index is -0.791. The number of carbonyl (C=O) groups is 1. The predicted molar refractivity (Wildman–Crippen MR) is 69.4 cm³/mol. The van der Waals surface area contributed by atoms with Gasteiger partial charge >= 0.3 is 5.97 Å². The van der Waals surface area contributed by atoms with Crippen molar-refractivity contribution < 1.29 is 9.90 Å². The molecule has 3 rings (SSSR count). The number of carboxylic acid groups (broad SMARTS) is 1. The zero-order valence-corrected chi connectivity index (χ0v) is 10.3. The highest BCUT2D eigenvalue weighted by Gasteiger charge is 2.51. The molecule has 1 heterocycles. The molecule has 1 fully saturated rings. The molecule has 0 bridgehead atoms. The third-order valence-corrected chi connectivity index (χ3v) is 4.07. The average Bonchev–Trinajstić information content (AvgIpc) is 2.67. The smallest absolute Gasteiger partial charge is 0.314 e. The van der Waals surface area contributed by atoms with Crippen LogP contribution >= 0.6 is 0 Å². The molecule has 1 aromatic carbocycles. The number of nitrogens with two attached hydrogens (primary N) is 1. The molecule has 0 atom stereocenters. The molecule has 3 N–H and O–H groups in total. The molecule has 0 spiro atoms. The van der Waals surface area contributed by atoms with Gasteiger partial charge in [0.25, 0.3) is 0 Å². The highest BCUT2D eigenvalue weighted by atomic mass is 16.4. The average molecular weight is 244 g/mol. The van der Waals surface area contributed by atoms with Crippen LogP contribution in [0.5, 0.6) is 0 Å². The number of hydrogen-bond donors (Lipinski definition) is 2. The molecule has 4 nitrogen and oxygen atoms in total. The van der Waals surface area contributed by atoms with Crippen molar-refractivity contribution in [3.05, 3.63) is 36.0 Å². The lowest BCUT2D eigenvalue weighted by molar-refractivity contribution is -0.148. The van der Waals surface area contributed by atoms with E-state index in [1.165, 1.54) is 0 Å². The lowest BCUT2D eigenvalue weighted by Gasteiger charge is -2.43. The summed E-state index contributed by atoms with van der Waals surface area (Å²) >= 11 is 0. The summed E-state index contributed by atoms with van der Waals surface area (Å²) in [6.45, 7) is 0. The summed E-state index contributed by atoms with van der Waals surface area (Å²) in [5.74, 6) is -0.763. The normalized spacial score (nSPS) is 27.1. The molecule has 1 aliphatic carbocycles. The molecule has 0 aliphatic heterocycles. The van der Waals surface area contributed by atoms with Crippen molar-refractivity contribution in [2.45, 2.75) is 24.3 Å². The van der Waals surface area contributed by atoms with Gasteiger partial charge < -0.3 is 15.4 Å². The van der Waals surface area contributed by atoms with Gasteiger partial charge in [0.1, 0.15) is 0 Å². The number of carboxylic acids is 1. The van der Waals surface area contributed by atoms with Gasteiger partial charge in [-0.05, 0) is 30.5 Å². The van der Waals surface area contributed by atoms with E-state index in [1.54, 1.807) is 0 Å². The summed E-state index contributed by atoms with van der Waals surface area (Å²) in [5, 5.41) is 10.6. The summed E-state index contributed by atoms with van der Waals surface area (Å²) in [6, 6.07) is 7.83. The van der Waals surface area contributed by atoms with Crippen LogP contribution in [0.4, 0.5) is 0 Å². The van der Waals surface area contributed by atoms with Crippen molar-refractivity contribution in [1.29, 1.82) is 0 Å². The SMILES string of the molecule is Cn1ccc2c(C3(C(=O)O)CC(N)C3)cccc21. The number of aliphatic carboxylic acids is 1. The second kappa shape index (κ2) is 3.59. The third-order valence-electron chi connectivity index (χ3n) is 4.07. The van der Waals surface area contributed by atoms with Gasteiger partial charge in [0.2, 0.25) is 0 Å². The highest BCUT2D eigenvalue weighted by Crippen LogP contribution is 2.45. The molecule has 1 aromatic heterocycles. The Labute approximate surface area is 105 Å². The Balaban J connectivity index is 2.22. The van der Waals surface area contributed by atoms with Crippen LogP contribution in [0, 0.1) is 0 Å².